The molecule has 0 aliphatic carbocycles. The molecular formula is C4H6N2O4. The number of nitrogens with one attached hydrogen (secondary N) is 2. The van der Waals surface area contributed by atoms with Crippen molar-refractivity contribution in [2.24, 2.45) is 0 Å². The molecule has 10 heavy (non-hydrogen) atoms. The van der Waals surface area contributed by atoms with Gasteiger partial charge in [-0.2, -0.15) is 0 Å². The number of aliphatic hydroxyl groups is 2. The summed E-state index contributed by atoms with van der Waals surface area (Å²) in [4.78, 5) is 20.8. The van der Waals surface area contributed by atoms with E-state index in [0.717, 1.165) is 0 Å². The molecule has 0 spiro atoms. The summed E-state index contributed by atoms with van der Waals surface area (Å²) in [5, 5.41) is 20.9. The van der Waals surface area contributed by atoms with Crippen LogP contribution in [0.2, 0.25) is 0 Å². The molecule has 6 nitrogen and oxygen atoms in total. The zero-order chi connectivity index (χ0) is 7.78. The second kappa shape index (κ2) is 2.01. The van der Waals surface area contributed by atoms with Crippen molar-refractivity contribution >= 4 is 11.8 Å². The predicted molar refractivity (Wildman–Crippen MR) is 28.3 cm³/mol. The molecule has 2 amide bonds. The number of hydrogen-bond acceptors (Lipinski definition) is 5. The Labute approximate surface area is 55.8 Å². The molecule has 0 saturated carbocycles. The van der Waals surface area contributed by atoms with Gasteiger partial charge in [-0.15, -0.1) is 0 Å². The Morgan fingerprint density at radius 1 is 1.40 bits per heavy atom. The number of carbonyl (C=O) groups is 2. The van der Waals surface area contributed by atoms with Gasteiger partial charge < -0.3 is 10.2 Å². The molecule has 6 heteroatoms. The van der Waals surface area contributed by atoms with Gasteiger partial charge in [-0.25, -0.2) is 5.32 Å². The normalized spacial score (nSPS) is 24.2. The van der Waals surface area contributed by atoms with E-state index in [4.69, 9.17) is 10.2 Å². The Kier molecular flexibility index (Phi) is 1.43. The Balaban J connectivity index is 2.70. The fraction of sp³-hybridized carbons (Fsp3) is 0.500. The molecule has 1 aliphatic rings. The third-order valence-electron chi connectivity index (χ3n) is 1.07. The van der Waals surface area contributed by atoms with Crippen LogP contribution >= 0.6 is 0 Å². The molecule has 0 unspecified atom stereocenters. The van der Waals surface area contributed by atoms with E-state index in [2.05, 4.69) is 0 Å². The Morgan fingerprint density at radius 3 is 2.40 bits per heavy atom. The van der Waals surface area contributed by atoms with Gasteiger partial charge in [0.05, 0.1) is 6.54 Å². The van der Waals surface area contributed by atoms with Crippen molar-refractivity contribution in [1.29, 1.82) is 0 Å². The monoisotopic (exact) mass is 146 g/mol. The highest BCUT2D eigenvalue weighted by Crippen LogP contribution is 1.96. The molecule has 1 saturated heterocycles. The van der Waals surface area contributed by atoms with E-state index in [1.165, 1.54) is 0 Å². The first kappa shape index (κ1) is 7.13. The highest BCUT2D eigenvalue weighted by Gasteiger charge is 2.38. The Morgan fingerprint density at radius 2 is 2.00 bits per heavy atom. The number of carbonyl (C=O) groups excluding carboxylic acids is 2. The summed E-state index contributed by atoms with van der Waals surface area (Å²) in [6, 6.07) is 0. The summed E-state index contributed by atoms with van der Waals surface area (Å²) in [5.74, 6) is -4.33. The summed E-state index contributed by atoms with van der Waals surface area (Å²) in [6.45, 7) is -0.279. The van der Waals surface area contributed by atoms with Crippen molar-refractivity contribution in [1.82, 2.24) is 10.6 Å². The van der Waals surface area contributed by atoms with Crippen LogP contribution in [-0.2, 0) is 9.59 Å². The van der Waals surface area contributed by atoms with E-state index in [-0.39, 0.29) is 6.54 Å². The summed E-state index contributed by atoms with van der Waals surface area (Å²) in [5.41, 5.74) is 0. The number of rotatable bonds is 0. The molecule has 1 aliphatic heterocycles. The van der Waals surface area contributed by atoms with E-state index in [1.54, 1.807) is 5.32 Å². The van der Waals surface area contributed by atoms with E-state index < -0.39 is 17.7 Å². The lowest BCUT2D eigenvalue weighted by Gasteiger charge is -2.25. The van der Waals surface area contributed by atoms with Gasteiger partial charge >= 0.3 is 11.8 Å². The lowest BCUT2D eigenvalue weighted by molar-refractivity contribution is -0.203. The van der Waals surface area contributed by atoms with E-state index in [0.29, 0.717) is 0 Å². The summed E-state index contributed by atoms with van der Waals surface area (Å²) in [6.07, 6.45) is 0. The van der Waals surface area contributed by atoms with Gasteiger partial charge in [-0.3, -0.25) is 14.9 Å². The molecule has 0 radical (unpaired) electrons. The van der Waals surface area contributed by atoms with Gasteiger partial charge in [-0.05, 0) is 0 Å². The van der Waals surface area contributed by atoms with Gasteiger partial charge in [0.25, 0.3) is 0 Å². The molecule has 0 aromatic carbocycles. The van der Waals surface area contributed by atoms with Crippen molar-refractivity contribution in [3.63, 3.8) is 0 Å². The van der Waals surface area contributed by atoms with Crippen molar-refractivity contribution < 1.29 is 19.8 Å². The average molecular weight is 146 g/mol. The lowest BCUT2D eigenvalue weighted by Crippen LogP contribution is -2.65. The molecule has 0 bridgehead atoms. The van der Waals surface area contributed by atoms with Gasteiger partial charge in [0.2, 0.25) is 5.91 Å². The minimum absolute atomic E-state index is 0.279. The molecule has 0 aromatic rings. The fourth-order valence-electron chi connectivity index (χ4n) is 0.542. The number of amides is 2. The molecule has 0 atom stereocenters. The minimum Gasteiger partial charge on any atom is -0.346 e. The van der Waals surface area contributed by atoms with Crippen molar-refractivity contribution in [2.45, 2.75) is 5.91 Å². The standard InChI is InChI=1S/C4H6N2O4/c7-2-1-5-4(9,10)3(8)6-2/h5,9-10H,1H2,(H,6,7,8). The predicted octanol–water partition coefficient (Wildman–Crippen LogP) is -3.13. The Hall–Kier alpha value is -0.980. The quantitative estimate of drug-likeness (QED) is 0.214. The highest BCUT2D eigenvalue weighted by molar-refractivity contribution is 6.01. The number of imide groups is 1. The van der Waals surface area contributed by atoms with Crippen LogP contribution in [0.15, 0.2) is 0 Å². The number of hydrogen-bond donors (Lipinski definition) is 4. The topological polar surface area (TPSA) is 98.7 Å². The van der Waals surface area contributed by atoms with Crippen LogP contribution in [0.1, 0.15) is 0 Å². The van der Waals surface area contributed by atoms with Crippen LogP contribution in [0.3, 0.4) is 0 Å². The maximum absolute atomic E-state index is 10.4. The smallest absolute Gasteiger partial charge is 0.307 e. The first-order valence-electron chi connectivity index (χ1n) is 2.56. The van der Waals surface area contributed by atoms with Gasteiger partial charge in [0.1, 0.15) is 0 Å². The third kappa shape index (κ3) is 1.13. The fourth-order valence-corrected chi connectivity index (χ4v) is 0.542. The lowest BCUT2D eigenvalue weighted by atomic mass is 10.3. The molecule has 1 rings (SSSR count). The summed E-state index contributed by atoms with van der Waals surface area (Å²) in [7, 11) is 0. The van der Waals surface area contributed by atoms with Crippen LogP contribution in [0.4, 0.5) is 0 Å². The van der Waals surface area contributed by atoms with Gasteiger partial charge in [0.15, 0.2) is 0 Å². The SMILES string of the molecule is O=C1CNC(O)(O)C(=O)N1. The van der Waals surface area contributed by atoms with E-state index in [1.807, 2.05) is 5.32 Å². The van der Waals surface area contributed by atoms with Crippen molar-refractivity contribution in [3.05, 3.63) is 0 Å². The van der Waals surface area contributed by atoms with Crippen LogP contribution in [0.5, 0.6) is 0 Å². The number of piperazine rings is 1. The Bertz CT molecular complexity index is 188. The van der Waals surface area contributed by atoms with Gasteiger partial charge in [-0.1, -0.05) is 0 Å². The largest absolute Gasteiger partial charge is 0.346 e. The van der Waals surface area contributed by atoms with Gasteiger partial charge in [0, 0.05) is 0 Å². The van der Waals surface area contributed by atoms with Crippen LogP contribution in [0, 0.1) is 0 Å². The summed E-state index contributed by atoms with van der Waals surface area (Å²) < 4.78 is 0. The second-order valence-electron chi connectivity index (χ2n) is 1.90. The van der Waals surface area contributed by atoms with Crippen LogP contribution in [-0.4, -0.2) is 34.5 Å². The maximum Gasteiger partial charge on any atom is 0.307 e. The minimum atomic E-state index is -2.60. The molecule has 1 fully saturated rings. The van der Waals surface area contributed by atoms with Crippen molar-refractivity contribution in [3.8, 4) is 0 Å². The molecule has 0 aromatic heterocycles. The summed E-state index contributed by atoms with van der Waals surface area (Å²) >= 11 is 0. The molecular weight excluding hydrogens is 140 g/mol. The average Bonchev–Trinajstić information content (AvgIpc) is 1.81. The zero-order valence-corrected chi connectivity index (χ0v) is 4.92. The molecule has 4 N–H and O–H groups in total. The third-order valence-corrected chi connectivity index (χ3v) is 1.07. The van der Waals surface area contributed by atoms with E-state index >= 15 is 0 Å². The maximum atomic E-state index is 10.4. The molecule has 1 heterocycles. The zero-order valence-electron chi connectivity index (χ0n) is 4.92. The molecule has 56 valence electrons. The van der Waals surface area contributed by atoms with Crippen LogP contribution in [0.25, 0.3) is 0 Å². The first-order chi connectivity index (χ1) is 4.52. The second-order valence-corrected chi connectivity index (χ2v) is 1.90. The van der Waals surface area contributed by atoms with Crippen LogP contribution < -0.4 is 10.6 Å². The van der Waals surface area contributed by atoms with Crippen molar-refractivity contribution in [2.75, 3.05) is 6.54 Å². The first-order valence-corrected chi connectivity index (χ1v) is 2.56. The highest BCUT2D eigenvalue weighted by atomic mass is 16.5. The van der Waals surface area contributed by atoms with E-state index in [9.17, 15) is 9.59 Å².